The smallest absolute Gasteiger partial charge is 0.210 e. The van der Waals surface area contributed by atoms with Crippen LogP contribution in [0.4, 0.5) is 5.13 Å². The lowest BCUT2D eigenvalue weighted by atomic mass is 10.0. The number of hydrogen-bond acceptors (Lipinski definition) is 6. The molecular formula is C29H26N2O3S. The largest absolute Gasteiger partial charge is 0.493 e. The summed E-state index contributed by atoms with van der Waals surface area (Å²) >= 11 is 1.59. The Morgan fingerprint density at radius 1 is 0.800 bits per heavy atom. The van der Waals surface area contributed by atoms with Crippen LogP contribution in [-0.2, 0) is 0 Å². The molecule has 2 aromatic heterocycles. The summed E-state index contributed by atoms with van der Waals surface area (Å²) in [4.78, 5) is 11.0. The van der Waals surface area contributed by atoms with Crippen molar-refractivity contribution in [3.05, 3.63) is 88.1 Å². The fourth-order valence-corrected chi connectivity index (χ4v) is 4.85. The van der Waals surface area contributed by atoms with Gasteiger partial charge in [0.2, 0.25) is 5.13 Å². The first kappa shape index (κ1) is 22.9. The maximum atomic E-state index is 6.25. The van der Waals surface area contributed by atoms with E-state index in [2.05, 4.69) is 39.0 Å². The van der Waals surface area contributed by atoms with Crippen LogP contribution >= 0.6 is 11.3 Å². The second-order valence-electron chi connectivity index (χ2n) is 8.37. The van der Waals surface area contributed by atoms with E-state index >= 15 is 0 Å². The van der Waals surface area contributed by atoms with E-state index in [0.717, 1.165) is 38.0 Å². The van der Waals surface area contributed by atoms with Crippen LogP contribution in [0.5, 0.6) is 11.5 Å². The van der Waals surface area contributed by atoms with Crippen LogP contribution in [0.25, 0.3) is 33.6 Å². The molecule has 0 saturated carbocycles. The van der Waals surface area contributed by atoms with Gasteiger partial charge in [-0.1, -0.05) is 35.6 Å². The van der Waals surface area contributed by atoms with Crippen molar-refractivity contribution in [2.45, 2.75) is 20.8 Å². The van der Waals surface area contributed by atoms with Gasteiger partial charge in [0.05, 0.1) is 25.3 Å². The number of hydrogen-bond donors (Lipinski definition) is 0. The van der Waals surface area contributed by atoms with E-state index in [1.165, 1.54) is 11.1 Å². The van der Waals surface area contributed by atoms with Gasteiger partial charge in [-0.25, -0.2) is 9.98 Å². The molecule has 0 saturated heterocycles. The van der Waals surface area contributed by atoms with Gasteiger partial charge in [0.25, 0.3) is 0 Å². The summed E-state index contributed by atoms with van der Waals surface area (Å²) in [5, 5.41) is 2.44. The highest BCUT2D eigenvalue weighted by molar-refractivity contribution is 7.15. The summed E-state index contributed by atoms with van der Waals surface area (Å²) in [7, 11) is 3.24. The fourth-order valence-electron chi connectivity index (χ4n) is 4.03. The average molecular weight is 483 g/mol. The number of para-hydroxylation sites is 1. The maximum Gasteiger partial charge on any atom is 0.210 e. The Morgan fingerprint density at radius 3 is 2.34 bits per heavy atom. The van der Waals surface area contributed by atoms with Crippen LogP contribution < -0.4 is 14.8 Å². The van der Waals surface area contributed by atoms with Crippen molar-refractivity contribution in [3.8, 4) is 34.1 Å². The Hall–Kier alpha value is -3.90. The molecule has 0 atom stereocenters. The van der Waals surface area contributed by atoms with Crippen molar-refractivity contribution >= 4 is 27.4 Å². The predicted molar refractivity (Wildman–Crippen MR) is 142 cm³/mol. The summed E-state index contributed by atoms with van der Waals surface area (Å²) in [5.74, 6) is 1.99. The van der Waals surface area contributed by atoms with Gasteiger partial charge in [0.15, 0.2) is 11.5 Å². The molecule has 5 rings (SSSR count). The molecule has 0 fully saturated rings. The summed E-state index contributed by atoms with van der Waals surface area (Å²) in [6.07, 6.45) is 0. The first-order valence-electron chi connectivity index (χ1n) is 11.3. The molecule has 5 aromatic rings. The number of nitrogens with zero attached hydrogens (tertiary/aromatic N) is 2. The first-order valence-corrected chi connectivity index (χ1v) is 12.1. The standard InChI is InChI=1S/C29H26N2O3S/c1-17-10-11-21(14-18(17)2)28-19(3)35-29(31-28)30-23-16-26(34-24-9-7-6-8-22(23)24)20-12-13-25(32-4)27(15-20)33-5/h6-16H,1-5H3. The molecule has 176 valence electrons. The molecule has 6 heteroatoms. The summed E-state index contributed by atoms with van der Waals surface area (Å²) in [6.45, 7) is 6.34. The molecule has 0 unspecified atom stereocenters. The van der Waals surface area contributed by atoms with Gasteiger partial charge in [0, 0.05) is 27.5 Å². The molecule has 0 radical (unpaired) electrons. The normalized spacial score (nSPS) is 11.7. The lowest BCUT2D eigenvalue weighted by molar-refractivity contribution is 0.355. The first-order chi connectivity index (χ1) is 17.0. The molecule has 0 aliphatic carbocycles. The van der Waals surface area contributed by atoms with Gasteiger partial charge in [-0.05, 0) is 68.3 Å². The van der Waals surface area contributed by atoms with E-state index in [0.29, 0.717) is 22.4 Å². The molecule has 3 aromatic carbocycles. The zero-order chi connectivity index (χ0) is 24.5. The number of thiazole rings is 1. The number of fused-ring (bicyclic) bond motifs is 1. The minimum Gasteiger partial charge on any atom is -0.493 e. The molecule has 0 bridgehead atoms. The third kappa shape index (κ3) is 4.45. The zero-order valence-corrected chi connectivity index (χ0v) is 21.2. The molecule has 0 N–H and O–H groups in total. The van der Waals surface area contributed by atoms with E-state index in [1.807, 2.05) is 48.5 Å². The maximum absolute atomic E-state index is 6.25. The van der Waals surface area contributed by atoms with Crippen LogP contribution in [0.15, 0.2) is 76.1 Å². The second-order valence-corrected chi connectivity index (χ2v) is 9.56. The Kier molecular flexibility index (Phi) is 6.14. The van der Waals surface area contributed by atoms with Gasteiger partial charge in [-0.15, -0.1) is 0 Å². The minimum absolute atomic E-state index is 0.639. The van der Waals surface area contributed by atoms with Crippen molar-refractivity contribution in [2.24, 2.45) is 4.99 Å². The monoisotopic (exact) mass is 482 g/mol. The Bertz CT molecular complexity index is 1610. The van der Waals surface area contributed by atoms with E-state index in [-0.39, 0.29) is 0 Å². The van der Waals surface area contributed by atoms with Crippen molar-refractivity contribution in [2.75, 3.05) is 14.2 Å². The predicted octanol–water partition coefficient (Wildman–Crippen LogP) is 7.40. The van der Waals surface area contributed by atoms with Crippen molar-refractivity contribution < 1.29 is 13.9 Å². The van der Waals surface area contributed by atoms with Crippen LogP contribution in [-0.4, -0.2) is 19.2 Å². The van der Waals surface area contributed by atoms with E-state index in [4.69, 9.17) is 23.9 Å². The Labute approximate surface area is 208 Å². The lowest BCUT2D eigenvalue weighted by Gasteiger charge is -2.10. The van der Waals surface area contributed by atoms with Crippen molar-refractivity contribution in [1.29, 1.82) is 0 Å². The highest BCUT2D eigenvalue weighted by atomic mass is 32.1. The zero-order valence-electron chi connectivity index (χ0n) is 20.4. The van der Waals surface area contributed by atoms with Crippen LogP contribution in [0.3, 0.4) is 0 Å². The van der Waals surface area contributed by atoms with E-state index < -0.39 is 0 Å². The van der Waals surface area contributed by atoms with E-state index in [9.17, 15) is 0 Å². The average Bonchev–Trinajstić information content (AvgIpc) is 3.24. The number of methoxy groups -OCH3 is 2. The third-order valence-electron chi connectivity index (χ3n) is 6.10. The van der Waals surface area contributed by atoms with Crippen LogP contribution in [0.2, 0.25) is 0 Å². The summed E-state index contributed by atoms with van der Waals surface area (Å²) in [6, 6.07) is 22.0. The second kappa shape index (κ2) is 9.39. The molecule has 5 nitrogen and oxygen atoms in total. The Morgan fingerprint density at radius 2 is 1.57 bits per heavy atom. The molecule has 2 heterocycles. The number of ether oxygens (including phenoxy) is 2. The van der Waals surface area contributed by atoms with Crippen LogP contribution in [0, 0.1) is 20.8 Å². The van der Waals surface area contributed by atoms with Gasteiger partial charge >= 0.3 is 0 Å². The molecule has 0 aliphatic heterocycles. The van der Waals surface area contributed by atoms with Gasteiger partial charge < -0.3 is 13.9 Å². The lowest BCUT2D eigenvalue weighted by Crippen LogP contribution is -2.03. The topological polar surface area (TPSA) is 56.9 Å². The Balaban J connectivity index is 1.66. The van der Waals surface area contributed by atoms with E-state index in [1.54, 1.807) is 25.6 Å². The summed E-state index contributed by atoms with van der Waals surface area (Å²) in [5.41, 5.74) is 6.23. The number of benzene rings is 3. The quantitative estimate of drug-likeness (QED) is 0.262. The molecule has 0 aliphatic rings. The molecule has 0 spiro atoms. The number of rotatable bonds is 5. The summed E-state index contributed by atoms with van der Waals surface area (Å²) < 4.78 is 17.1. The molecule has 35 heavy (non-hydrogen) atoms. The molecular weight excluding hydrogens is 456 g/mol. The van der Waals surface area contributed by atoms with Crippen molar-refractivity contribution in [1.82, 2.24) is 4.98 Å². The van der Waals surface area contributed by atoms with Gasteiger partial charge in [0.1, 0.15) is 11.3 Å². The minimum atomic E-state index is 0.639. The fraction of sp³-hybridized carbons (Fsp3) is 0.172. The highest BCUT2D eigenvalue weighted by Crippen LogP contribution is 2.34. The van der Waals surface area contributed by atoms with Gasteiger partial charge in [-0.3, -0.25) is 0 Å². The number of aryl methyl sites for hydroxylation is 3. The SMILES string of the molecule is COc1ccc(-c2cc(=Nc3nc(-c4ccc(C)c(C)c4)c(C)s3)c3ccccc3o2)cc1OC. The number of aromatic nitrogens is 1. The third-order valence-corrected chi connectivity index (χ3v) is 6.97. The van der Waals surface area contributed by atoms with Crippen molar-refractivity contribution in [3.63, 3.8) is 0 Å². The molecule has 0 amide bonds. The van der Waals surface area contributed by atoms with Gasteiger partial charge in [-0.2, -0.15) is 0 Å². The highest BCUT2D eigenvalue weighted by Gasteiger charge is 2.13. The van der Waals surface area contributed by atoms with Crippen LogP contribution in [0.1, 0.15) is 16.0 Å².